The lowest BCUT2D eigenvalue weighted by molar-refractivity contribution is -0.143. The lowest BCUT2D eigenvalue weighted by Gasteiger charge is -2.20. The third kappa shape index (κ3) is 11.2. The van der Waals surface area contributed by atoms with Crippen LogP contribution in [0.15, 0.2) is 0 Å². The molecule has 0 saturated heterocycles. The lowest BCUT2D eigenvalue weighted by Crippen LogP contribution is -2.38. The first-order valence-corrected chi connectivity index (χ1v) is 7.73. The highest BCUT2D eigenvalue weighted by Gasteiger charge is 2.11. The average Bonchev–Trinajstić information content (AvgIpc) is 2.41. The van der Waals surface area contributed by atoms with Crippen molar-refractivity contribution in [2.24, 2.45) is 11.7 Å². The Morgan fingerprint density at radius 1 is 1.33 bits per heavy atom. The first kappa shape index (κ1) is 19.9. The van der Waals surface area contributed by atoms with E-state index in [-0.39, 0.29) is 17.9 Å². The van der Waals surface area contributed by atoms with Gasteiger partial charge in [-0.1, -0.05) is 13.8 Å². The van der Waals surface area contributed by atoms with E-state index in [1.165, 1.54) is 0 Å². The number of hydrogen-bond donors (Lipinski definition) is 2. The molecule has 0 saturated carbocycles. The van der Waals surface area contributed by atoms with Crippen LogP contribution in [-0.2, 0) is 14.3 Å². The summed E-state index contributed by atoms with van der Waals surface area (Å²) >= 11 is 0. The number of nitrogens with two attached hydrogens (primary N) is 1. The summed E-state index contributed by atoms with van der Waals surface area (Å²) in [6.45, 7) is 8.02. The van der Waals surface area contributed by atoms with E-state index in [1.54, 1.807) is 6.92 Å². The van der Waals surface area contributed by atoms with Crippen LogP contribution in [0.5, 0.6) is 0 Å². The van der Waals surface area contributed by atoms with Crippen LogP contribution in [0.3, 0.4) is 0 Å². The first-order valence-electron chi connectivity index (χ1n) is 7.73. The molecule has 0 aliphatic rings. The van der Waals surface area contributed by atoms with E-state index in [4.69, 9.17) is 10.5 Å². The SMILES string of the molecule is CCOC(=O)CCCNC(=O)CN(C)CCC(N)C(C)C. The quantitative estimate of drug-likeness (QED) is 0.434. The fourth-order valence-electron chi connectivity index (χ4n) is 1.78. The van der Waals surface area contributed by atoms with Crippen molar-refractivity contribution in [3.8, 4) is 0 Å². The van der Waals surface area contributed by atoms with Gasteiger partial charge >= 0.3 is 5.97 Å². The van der Waals surface area contributed by atoms with Crippen molar-refractivity contribution >= 4 is 11.9 Å². The van der Waals surface area contributed by atoms with Crippen molar-refractivity contribution in [2.75, 3.05) is 33.3 Å². The Morgan fingerprint density at radius 2 is 2.00 bits per heavy atom. The Morgan fingerprint density at radius 3 is 2.57 bits per heavy atom. The molecule has 0 aromatic heterocycles. The lowest BCUT2D eigenvalue weighted by atomic mass is 10.0. The number of rotatable bonds is 11. The van der Waals surface area contributed by atoms with Crippen molar-refractivity contribution < 1.29 is 14.3 Å². The minimum atomic E-state index is -0.216. The number of ether oxygens (including phenoxy) is 1. The van der Waals surface area contributed by atoms with Gasteiger partial charge in [-0.2, -0.15) is 0 Å². The number of esters is 1. The maximum absolute atomic E-state index is 11.7. The molecule has 21 heavy (non-hydrogen) atoms. The van der Waals surface area contributed by atoms with Crippen LogP contribution in [0.4, 0.5) is 0 Å². The van der Waals surface area contributed by atoms with Gasteiger partial charge in [-0.25, -0.2) is 0 Å². The number of hydrogen-bond acceptors (Lipinski definition) is 5. The van der Waals surface area contributed by atoms with Crippen LogP contribution < -0.4 is 11.1 Å². The maximum Gasteiger partial charge on any atom is 0.305 e. The predicted octanol–water partition coefficient (Wildman–Crippen LogP) is 0.751. The monoisotopic (exact) mass is 301 g/mol. The van der Waals surface area contributed by atoms with Crippen molar-refractivity contribution in [3.05, 3.63) is 0 Å². The average molecular weight is 301 g/mol. The Balaban J connectivity index is 3.67. The van der Waals surface area contributed by atoms with E-state index < -0.39 is 0 Å². The molecule has 0 radical (unpaired) electrons. The molecule has 6 heteroatoms. The van der Waals surface area contributed by atoms with E-state index in [9.17, 15) is 9.59 Å². The molecule has 0 heterocycles. The van der Waals surface area contributed by atoms with Crippen LogP contribution in [0.1, 0.15) is 40.0 Å². The summed E-state index contributed by atoms with van der Waals surface area (Å²) < 4.78 is 4.82. The van der Waals surface area contributed by atoms with Gasteiger partial charge in [0.1, 0.15) is 0 Å². The highest BCUT2D eigenvalue weighted by molar-refractivity contribution is 5.78. The number of carbonyl (C=O) groups is 2. The number of nitrogens with one attached hydrogen (secondary N) is 1. The van der Waals surface area contributed by atoms with Gasteiger partial charge in [-0.15, -0.1) is 0 Å². The van der Waals surface area contributed by atoms with Gasteiger partial charge in [0.2, 0.25) is 5.91 Å². The zero-order valence-corrected chi connectivity index (χ0v) is 13.9. The van der Waals surface area contributed by atoms with Crippen LogP contribution in [0, 0.1) is 5.92 Å². The molecule has 0 aliphatic carbocycles. The maximum atomic E-state index is 11.7. The summed E-state index contributed by atoms with van der Waals surface area (Å²) in [5.41, 5.74) is 5.98. The van der Waals surface area contributed by atoms with Crippen LogP contribution >= 0.6 is 0 Å². The zero-order valence-electron chi connectivity index (χ0n) is 13.9. The van der Waals surface area contributed by atoms with Gasteiger partial charge in [0.15, 0.2) is 0 Å². The van der Waals surface area contributed by atoms with E-state index >= 15 is 0 Å². The van der Waals surface area contributed by atoms with Crippen LogP contribution in [0.2, 0.25) is 0 Å². The van der Waals surface area contributed by atoms with Gasteiger partial charge in [0, 0.05) is 19.0 Å². The minimum absolute atomic E-state index is 0.0283. The Hall–Kier alpha value is -1.14. The summed E-state index contributed by atoms with van der Waals surface area (Å²) in [6, 6.07) is 0.167. The molecule has 0 rings (SSSR count). The zero-order chi connectivity index (χ0) is 16.3. The molecule has 0 aromatic rings. The smallest absolute Gasteiger partial charge is 0.305 e. The summed E-state index contributed by atoms with van der Waals surface area (Å²) in [4.78, 5) is 24.8. The summed E-state index contributed by atoms with van der Waals surface area (Å²) in [5.74, 6) is 0.209. The molecule has 0 bridgehead atoms. The molecule has 1 unspecified atom stereocenters. The van der Waals surface area contributed by atoms with Crippen LogP contribution in [0.25, 0.3) is 0 Å². The number of amides is 1. The van der Waals surface area contributed by atoms with Gasteiger partial charge in [-0.3, -0.25) is 14.5 Å². The second kappa shape index (κ2) is 11.5. The molecular weight excluding hydrogens is 270 g/mol. The topological polar surface area (TPSA) is 84.7 Å². The molecule has 1 atom stereocenters. The van der Waals surface area contributed by atoms with E-state index in [0.29, 0.717) is 38.5 Å². The molecule has 6 nitrogen and oxygen atoms in total. The highest BCUT2D eigenvalue weighted by Crippen LogP contribution is 2.03. The largest absolute Gasteiger partial charge is 0.466 e. The molecule has 3 N–H and O–H groups in total. The van der Waals surface area contributed by atoms with Crippen molar-refractivity contribution in [1.82, 2.24) is 10.2 Å². The summed E-state index contributed by atoms with van der Waals surface area (Å²) in [7, 11) is 1.91. The standard InChI is InChI=1S/C15H31N3O3/c1-5-21-15(20)7-6-9-17-14(19)11-18(4)10-8-13(16)12(2)3/h12-13H,5-11,16H2,1-4H3,(H,17,19). The summed E-state index contributed by atoms with van der Waals surface area (Å²) in [5, 5.41) is 2.80. The minimum Gasteiger partial charge on any atom is -0.466 e. The third-order valence-corrected chi connectivity index (χ3v) is 3.30. The first-order chi connectivity index (χ1) is 9.86. The van der Waals surface area contributed by atoms with Crippen molar-refractivity contribution in [1.29, 1.82) is 0 Å². The second-order valence-corrected chi connectivity index (χ2v) is 5.69. The molecule has 0 fully saturated rings. The van der Waals surface area contributed by atoms with Gasteiger partial charge in [0.25, 0.3) is 0 Å². The van der Waals surface area contributed by atoms with Gasteiger partial charge in [0.05, 0.1) is 13.2 Å². The predicted molar refractivity (Wildman–Crippen MR) is 83.8 cm³/mol. The molecule has 0 spiro atoms. The Bertz CT molecular complexity index is 309. The highest BCUT2D eigenvalue weighted by atomic mass is 16.5. The number of likely N-dealkylation sites (N-methyl/N-ethyl adjacent to an activating group) is 1. The van der Waals surface area contributed by atoms with E-state index in [0.717, 1.165) is 13.0 Å². The van der Waals surface area contributed by atoms with Gasteiger partial charge < -0.3 is 15.8 Å². The van der Waals surface area contributed by atoms with E-state index in [2.05, 4.69) is 19.2 Å². The normalized spacial score (nSPS) is 12.5. The molecule has 0 aromatic carbocycles. The number of carbonyl (C=O) groups excluding carboxylic acids is 2. The van der Waals surface area contributed by atoms with E-state index in [1.807, 2.05) is 11.9 Å². The Kier molecular flexibility index (Phi) is 10.9. The van der Waals surface area contributed by atoms with Crippen molar-refractivity contribution in [3.63, 3.8) is 0 Å². The van der Waals surface area contributed by atoms with Gasteiger partial charge in [-0.05, 0) is 39.3 Å². The van der Waals surface area contributed by atoms with Crippen LogP contribution in [-0.4, -0.2) is 56.1 Å². The summed E-state index contributed by atoms with van der Waals surface area (Å²) in [6.07, 6.45) is 1.82. The molecular formula is C15H31N3O3. The number of nitrogens with zero attached hydrogens (tertiary/aromatic N) is 1. The van der Waals surface area contributed by atoms with Crippen molar-refractivity contribution in [2.45, 2.75) is 46.1 Å². The molecule has 0 aliphatic heterocycles. The Labute approximate surface area is 128 Å². The molecule has 124 valence electrons. The second-order valence-electron chi connectivity index (χ2n) is 5.69. The fraction of sp³-hybridized carbons (Fsp3) is 0.867. The third-order valence-electron chi connectivity index (χ3n) is 3.30. The molecule has 1 amide bonds. The fourth-order valence-corrected chi connectivity index (χ4v) is 1.78.